The number of carbonyl (C=O) groups excluding carboxylic acids is 3. The van der Waals surface area contributed by atoms with Gasteiger partial charge >= 0.3 is 5.97 Å². The topological polar surface area (TPSA) is 84.9 Å². The number of carbonyl (C=O) groups is 3. The summed E-state index contributed by atoms with van der Waals surface area (Å²) >= 11 is 1.17. The smallest absolute Gasteiger partial charge is 0.326 e. The molecule has 0 spiro atoms. The van der Waals surface area contributed by atoms with Crippen LogP contribution in [0.15, 0.2) is 24.3 Å². The maximum absolute atomic E-state index is 11.7. The van der Waals surface area contributed by atoms with Gasteiger partial charge in [-0.15, -0.1) is 0 Å². The van der Waals surface area contributed by atoms with Crippen LogP contribution in [0.25, 0.3) is 0 Å². The highest BCUT2D eigenvalue weighted by Gasteiger charge is 2.24. The van der Waals surface area contributed by atoms with Crippen LogP contribution in [0.1, 0.15) is 0 Å². The molecule has 0 atom stereocenters. The Morgan fingerprint density at radius 1 is 1.41 bits per heavy atom. The zero-order chi connectivity index (χ0) is 15.9. The number of thioether (sulfide) groups is 1. The Morgan fingerprint density at radius 3 is 2.91 bits per heavy atom. The third kappa shape index (κ3) is 4.66. The Bertz CT molecular complexity index is 578. The maximum Gasteiger partial charge on any atom is 0.326 e. The SMILES string of the molecule is COc1cccc(NC(=O)COC(=O)CN2CCSC2=O)c1. The first-order valence-corrected chi connectivity index (χ1v) is 7.58. The predicted octanol–water partition coefficient (Wildman–Crippen LogP) is 1.35. The van der Waals surface area contributed by atoms with E-state index in [1.807, 2.05) is 0 Å². The Labute approximate surface area is 131 Å². The normalized spacial score (nSPS) is 13.9. The van der Waals surface area contributed by atoms with Crippen LogP contribution in [0.4, 0.5) is 10.5 Å². The van der Waals surface area contributed by atoms with Crippen molar-refractivity contribution in [1.29, 1.82) is 0 Å². The molecule has 1 heterocycles. The molecule has 0 aliphatic carbocycles. The van der Waals surface area contributed by atoms with Crippen LogP contribution >= 0.6 is 11.8 Å². The van der Waals surface area contributed by atoms with Gasteiger partial charge in [0, 0.05) is 24.1 Å². The molecule has 1 aromatic rings. The molecule has 0 radical (unpaired) electrons. The number of hydrogen-bond acceptors (Lipinski definition) is 6. The van der Waals surface area contributed by atoms with Gasteiger partial charge in [0.25, 0.3) is 11.1 Å². The van der Waals surface area contributed by atoms with Gasteiger partial charge in [-0.25, -0.2) is 0 Å². The summed E-state index contributed by atoms with van der Waals surface area (Å²) in [6.07, 6.45) is 0. The molecule has 1 aliphatic heterocycles. The van der Waals surface area contributed by atoms with Crippen LogP contribution < -0.4 is 10.1 Å². The molecule has 0 bridgehead atoms. The van der Waals surface area contributed by atoms with Crippen LogP contribution in [-0.2, 0) is 14.3 Å². The van der Waals surface area contributed by atoms with Gasteiger partial charge in [-0.1, -0.05) is 17.8 Å². The van der Waals surface area contributed by atoms with Crippen molar-refractivity contribution in [3.8, 4) is 5.75 Å². The minimum Gasteiger partial charge on any atom is -0.497 e. The summed E-state index contributed by atoms with van der Waals surface area (Å²) in [7, 11) is 1.53. The van der Waals surface area contributed by atoms with E-state index >= 15 is 0 Å². The van der Waals surface area contributed by atoms with Crippen LogP contribution in [0.2, 0.25) is 0 Å². The first-order valence-electron chi connectivity index (χ1n) is 6.59. The van der Waals surface area contributed by atoms with E-state index in [-0.39, 0.29) is 11.8 Å². The molecule has 1 aromatic carbocycles. The molecule has 0 unspecified atom stereocenters. The summed E-state index contributed by atoms with van der Waals surface area (Å²) in [4.78, 5) is 36.0. The highest BCUT2D eigenvalue weighted by Crippen LogP contribution is 2.17. The number of amides is 2. The Balaban J connectivity index is 1.75. The molecule has 1 N–H and O–H groups in total. The second kappa shape index (κ2) is 7.69. The minimum absolute atomic E-state index is 0.127. The lowest BCUT2D eigenvalue weighted by atomic mass is 10.3. The van der Waals surface area contributed by atoms with E-state index in [0.29, 0.717) is 23.7 Å². The molecule has 0 aromatic heterocycles. The predicted molar refractivity (Wildman–Crippen MR) is 82.0 cm³/mol. The number of ether oxygens (including phenoxy) is 2. The number of nitrogens with one attached hydrogen (secondary N) is 1. The second-order valence-electron chi connectivity index (χ2n) is 4.48. The number of methoxy groups -OCH3 is 1. The number of esters is 1. The van der Waals surface area contributed by atoms with Crippen molar-refractivity contribution < 1.29 is 23.9 Å². The molecule has 118 valence electrons. The van der Waals surface area contributed by atoms with E-state index in [0.717, 1.165) is 0 Å². The molecule has 22 heavy (non-hydrogen) atoms. The van der Waals surface area contributed by atoms with Gasteiger partial charge in [0.1, 0.15) is 12.3 Å². The lowest BCUT2D eigenvalue weighted by Crippen LogP contribution is -2.32. The van der Waals surface area contributed by atoms with Gasteiger partial charge in [0.15, 0.2) is 6.61 Å². The van der Waals surface area contributed by atoms with Gasteiger partial charge in [-0.2, -0.15) is 0 Å². The highest BCUT2D eigenvalue weighted by molar-refractivity contribution is 8.13. The zero-order valence-electron chi connectivity index (χ0n) is 12.0. The van der Waals surface area contributed by atoms with Gasteiger partial charge in [-0.05, 0) is 12.1 Å². The van der Waals surface area contributed by atoms with Crippen LogP contribution in [-0.4, -0.2) is 54.6 Å². The molecule has 0 saturated carbocycles. The highest BCUT2D eigenvalue weighted by atomic mass is 32.2. The number of rotatable bonds is 6. The maximum atomic E-state index is 11.7. The molecule has 1 aliphatic rings. The lowest BCUT2D eigenvalue weighted by Gasteiger charge is -2.13. The summed E-state index contributed by atoms with van der Waals surface area (Å²) in [5.74, 6) is 0.225. The fraction of sp³-hybridized carbons (Fsp3) is 0.357. The summed E-state index contributed by atoms with van der Waals surface area (Å²) in [5.41, 5.74) is 0.548. The number of hydrogen-bond donors (Lipinski definition) is 1. The van der Waals surface area contributed by atoms with Crippen molar-refractivity contribution in [2.24, 2.45) is 0 Å². The van der Waals surface area contributed by atoms with Crippen LogP contribution in [0, 0.1) is 0 Å². The zero-order valence-corrected chi connectivity index (χ0v) is 12.9. The van der Waals surface area contributed by atoms with Gasteiger partial charge in [0.2, 0.25) is 0 Å². The Kier molecular flexibility index (Phi) is 5.65. The fourth-order valence-electron chi connectivity index (χ4n) is 1.81. The summed E-state index contributed by atoms with van der Waals surface area (Å²) < 4.78 is 9.90. The number of benzene rings is 1. The average Bonchev–Trinajstić information content (AvgIpc) is 2.90. The molecule has 1 saturated heterocycles. The van der Waals surface area contributed by atoms with E-state index in [4.69, 9.17) is 9.47 Å². The van der Waals surface area contributed by atoms with Crippen molar-refractivity contribution in [2.75, 3.05) is 37.9 Å². The van der Waals surface area contributed by atoms with Crippen molar-refractivity contribution in [3.63, 3.8) is 0 Å². The van der Waals surface area contributed by atoms with Gasteiger partial charge < -0.3 is 19.7 Å². The Morgan fingerprint density at radius 2 is 2.23 bits per heavy atom. The first kappa shape index (κ1) is 16.2. The molecular formula is C14H16N2O5S. The second-order valence-corrected chi connectivity index (χ2v) is 5.52. The quantitative estimate of drug-likeness (QED) is 0.795. The molecule has 1 fully saturated rings. The number of nitrogens with zero attached hydrogens (tertiary/aromatic N) is 1. The van der Waals surface area contributed by atoms with E-state index in [9.17, 15) is 14.4 Å². The molecular weight excluding hydrogens is 308 g/mol. The van der Waals surface area contributed by atoms with Crippen molar-refractivity contribution in [1.82, 2.24) is 4.90 Å². The van der Waals surface area contributed by atoms with E-state index in [1.165, 1.54) is 23.8 Å². The molecule has 8 heteroatoms. The lowest BCUT2D eigenvalue weighted by molar-refractivity contribution is -0.147. The van der Waals surface area contributed by atoms with E-state index < -0.39 is 18.5 Å². The third-order valence-corrected chi connectivity index (χ3v) is 3.77. The van der Waals surface area contributed by atoms with Crippen molar-refractivity contribution >= 4 is 34.6 Å². The first-order chi connectivity index (χ1) is 10.6. The Hall–Kier alpha value is -2.22. The van der Waals surface area contributed by atoms with Crippen molar-refractivity contribution in [3.05, 3.63) is 24.3 Å². The molecule has 2 amide bonds. The van der Waals surface area contributed by atoms with Crippen molar-refractivity contribution in [2.45, 2.75) is 0 Å². The van der Waals surface area contributed by atoms with Gasteiger partial charge in [0.05, 0.1) is 7.11 Å². The standard InChI is InChI=1S/C14H16N2O5S/c1-20-11-4-2-3-10(7-11)15-12(17)9-21-13(18)8-16-5-6-22-14(16)19/h2-4,7H,5-6,8-9H2,1H3,(H,15,17). The van der Waals surface area contributed by atoms with Gasteiger partial charge in [-0.3, -0.25) is 14.4 Å². The fourth-order valence-corrected chi connectivity index (χ4v) is 2.64. The molecule has 2 rings (SSSR count). The summed E-state index contributed by atoms with van der Waals surface area (Å²) in [6, 6.07) is 6.83. The average molecular weight is 324 g/mol. The summed E-state index contributed by atoms with van der Waals surface area (Å²) in [6.45, 7) is -0.00189. The minimum atomic E-state index is -0.600. The molecule has 7 nitrogen and oxygen atoms in total. The monoisotopic (exact) mass is 324 g/mol. The third-order valence-electron chi connectivity index (χ3n) is 2.88. The summed E-state index contributed by atoms with van der Waals surface area (Å²) in [5, 5.41) is 2.45. The van der Waals surface area contributed by atoms with Crippen LogP contribution in [0.3, 0.4) is 0 Å². The van der Waals surface area contributed by atoms with Crippen LogP contribution in [0.5, 0.6) is 5.75 Å². The largest absolute Gasteiger partial charge is 0.497 e. The van der Waals surface area contributed by atoms with E-state index in [1.54, 1.807) is 24.3 Å². The number of anilines is 1. The van der Waals surface area contributed by atoms with E-state index in [2.05, 4.69) is 5.32 Å².